The zero-order valence-electron chi connectivity index (χ0n) is 14.8. The number of nitrogens with zero attached hydrogens (tertiary/aromatic N) is 2. The summed E-state index contributed by atoms with van der Waals surface area (Å²) in [6.07, 6.45) is 2.93. The Morgan fingerprint density at radius 2 is 1.66 bits per heavy atom. The molecule has 29 heavy (non-hydrogen) atoms. The van der Waals surface area contributed by atoms with E-state index in [1.165, 1.54) is 12.3 Å². The fourth-order valence-corrected chi connectivity index (χ4v) is 3.27. The average Bonchev–Trinajstić information content (AvgIpc) is 3.14. The summed E-state index contributed by atoms with van der Waals surface area (Å²) in [5.74, 6) is -1.28. The molecule has 3 aromatic rings. The second kappa shape index (κ2) is 7.62. The van der Waals surface area contributed by atoms with E-state index in [4.69, 9.17) is 23.2 Å². The number of anilines is 2. The summed E-state index contributed by atoms with van der Waals surface area (Å²) in [7, 11) is 0. The number of benzene rings is 2. The number of nitrogens with one attached hydrogen (secondary N) is 2. The van der Waals surface area contributed by atoms with Gasteiger partial charge in [0, 0.05) is 15.7 Å². The summed E-state index contributed by atoms with van der Waals surface area (Å²) in [5.41, 5.74) is 1.51. The maximum absolute atomic E-state index is 12.8. The van der Waals surface area contributed by atoms with Gasteiger partial charge in [0.25, 0.3) is 5.91 Å². The quantitative estimate of drug-likeness (QED) is 0.571. The summed E-state index contributed by atoms with van der Waals surface area (Å²) in [4.78, 5) is 24.4. The molecule has 0 radical (unpaired) electrons. The van der Waals surface area contributed by atoms with E-state index in [2.05, 4.69) is 15.7 Å². The second-order valence-electron chi connectivity index (χ2n) is 6.32. The van der Waals surface area contributed by atoms with E-state index in [1.54, 1.807) is 53.2 Å². The Kier molecular flexibility index (Phi) is 5.00. The molecule has 0 fully saturated rings. The van der Waals surface area contributed by atoms with Gasteiger partial charge in [-0.25, -0.2) is 9.48 Å². The summed E-state index contributed by atoms with van der Waals surface area (Å²) >= 11 is 11.8. The molecule has 3 N–H and O–H groups in total. The lowest BCUT2D eigenvalue weighted by molar-refractivity contribution is -0.132. The first kappa shape index (κ1) is 19.0. The van der Waals surface area contributed by atoms with Crippen LogP contribution in [0.15, 0.2) is 66.5 Å². The second-order valence-corrected chi connectivity index (χ2v) is 7.19. The van der Waals surface area contributed by atoms with Gasteiger partial charge in [0.05, 0.1) is 12.2 Å². The molecule has 0 unspecified atom stereocenters. The molecule has 4 rings (SSSR count). The zero-order valence-corrected chi connectivity index (χ0v) is 16.3. The molecule has 146 valence electrons. The lowest BCUT2D eigenvalue weighted by atomic mass is 10.0. The van der Waals surface area contributed by atoms with Crippen molar-refractivity contribution in [3.63, 3.8) is 0 Å². The van der Waals surface area contributed by atoms with Crippen LogP contribution in [0.2, 0.25) is 10.0 Å². The van der Waals surface area contributed by atoms with Gasteiger partial charge in [0.2, 0.25) is 0 Å². The zero-order chi connectivity index (χ0) is 20.5. The number of carbonyl (C=O) groups excluding carboxylic acids is 1. The molecular weight excluding hydrogens is 415 g/mol. The van der Waals surface area contributed by atoms with Gasteiger partial charge in [-0.15, -0.1) is 0 Å². The van der Waals surface area contributed by atoms with Gasteiger partial charge in [-0.2, -0.15) is 5.10 Å². The van der Waals surface area contributed by atoms with Crippen LogP contribution in [-0.2, 0) is 4.79 Å². The van der Waals surface area contributed by atoms with E-state index < -0.39 is 17.9 Å². The number of carboxylic acid groups (broad SMARTS) is 1. The average molecular weight is 429 g/mol. The highest BCUT2D eigenvalue weighted by molar-refractivity contribution is 6.30. The van der Waals surface area contributed by atoms with Crippen LogP contribution in [0.3, 0.4) is 0 Å². The number of amides is 1. The molecule has 0 spiro atoms. The number of fused-ring (bicyclic) bond motifs is 1. The number of rotatable bonds is 4. The Hall–Kier alpha value is -3.29. The number of hydrogen-bond acceptors (Lipinski definition) is 4. The number of carboxylic acids is 1. The van der Waals surface area contributed by atoms with Crippen LogP contribution in [0.4, 0.5) is 11.5 Å². The highest BCUT2D eigenvalue weighted by atomic mass is 35.5. The van der Waals surface area contributed by atoms with E-state index >= 15 is 0 Å². The highest BCUT2D eigenvalue weighted by Crippen LogP contribution is 2.33. The molecular formula is C20H14Cl2N4O3. The molecule has 9 heteroatoms. The summed E-state index contributed by atoms with van der Waals surface area (Å²) in [6, 6.07) is 13.1. The number of halogens is 2. The fourth-order valence-electron chi connectivity index (χ4n) is 3.02. The molecule has 1 amide bonds. The third-order valence-corrected chi connectivity index (χ3v) is 4.93. The van der Waals surface area contributed by atoms with Crippen molar-refractivity contribution in [1.82, 2.24) is 9.78 Å². The van der Waals surface area contributed by atoms with E-state index in [0.717, 1.165) is 5.56 Å². The third kappa shape index (κ3) is 3.83. The maximum Gasteiger partial charge on any atom is 0.352 e. The minimum Gasteiger partial charge on any atom is -0.477 e. The first-order valence-electron chi connectivity index (χ1n) is 8.54. The molecule has 0 aliphatic carbocycles. The largest absolute Gasteiger partial charge is 0.477 e. The van der Waals surface area contributed by atoms with Crippen molar-refractivity contribution >= 4 is 46.6 Å². The fraction of sp³-hybridized carbons (Fsp3) is 0.0500. The van der Waals surface area contributed by atoms with Gasteiger partial charge in [0.1, 0.15) is 17.1 Å². The molecule has 1 atom stereocenters. The van der Waals surface area contributed by atoms with Gasteiger partial charge in [0.15, 0.2) is 0 Å². The van der Waals surface area contributed by atoms with Crippen LogP contribution in [0.25, 0.3) is 0 Å². The summed E-state index contributed by atoms with van der Waals surface area (Å²) in [5, 5.41) is 20.5. The van der Waals surface area contributed by atoms with Gasteiger partial charge in [-0.3, -0.25) is 4.79 Å². The van der Waals surface area contributed by atoms with Crippen LogP contribution in [-0.4, -0.2) is 26.8 Å². The SMILES string of the molecule is O=C(O)C1=C[C@@H](c2ccc(Cl)cc2)n2ncc(C(=O)Nc3ccc(Cl)cc3)c2N1. The Labute approximate surface area is 175 Å². The molecule has 2 heterocycles. The van der Waals surface area contributed by atoms with E-state index in [-0.39, 0.29) is 17.1 Å². The maximum atomic E-state index is 12.8. The normalized spacial score (nSPS) is 15.1. The monoisotopic (exact) mass is 428 g/mol. The van der Waals surface area contributed by atoms with E-state index in [9.17, 15) is 14.7 Å². The number of allylic oxidation sites excluding steroid dienone is 1. The molecule has 1 aliphatic rings. The van der Waals surface area contributed by atoms with Crippen LogP contribution in [0, 0.1) is 0 Å². The van der Waals surface area contributed by atoms with Crippen molar-refractivity contribution in [3.05, 3.63) is 87.7 Å². The van der Waals surface area contributed by atoms with Crippen molar-refractivity contribution in [2.24, 2.45) is 0 Å². The first-order chi connectivity index (χ1) is 13.9. The van der Waals surface area contributed by atoms with Crippen LogP contribution >= 0.6 is 23.2 Å². The summed E-state index contributed by atoms with van der Waals surface area (Å²) < 4.78 is 1.56. The third-order valence-electron chi connectivity index (χ3n) is 4.43. The van der Waals surface area contributed by atoms with Gasteiger partial charge in [-0.05, 0) is 48.0 Å². The Balaban J connectivity index is 1.70. The Bertz CT molecular complexity index is 1120. The van der Waals surface area contributed by atoms with Gasteiger partial charge >= 0.3 is 5.97 Å². The molecule has 0 saturated carbocycles. The van der Waals surface area contributed by atoms with Crippen molar-refractivity contribution in [3.8, 4) is 0 Å². The number of aromatic nitrogens is 2. The standard InChI is InChI=1S/C20H14Cl2N4O3/c21-12-3-1-11(2-4-12)17-9-16(20(28)29)25-18-15(10-23-26(17)18)19(27)24-14-7-5-13(22)6-8-14/h1-10,17,25H,(H,24,27)(H,28,29)/t17-/m0/s1. The van der Waals surface area contributed by atoms with Crippen molar-refractivity contribution in [1.29, 1.82) is 0 Å². The molecule has 1 aliphatic heterocycles. The smallest absolute Gasteiger partial charge is 0.352 e. The van der Waals surface area contributed by atoms with Crippen LogP contribution < -0.4 is 10.6 Å². The topological polar surface area (TPSA) is 96.2 Å². The predicted molar refractivity (Wildman–Crippen MR) is 111 cm³/mol. The minimum atomic E-state index is -1.14. The minimum absolute atomic E-state index is 0.0431. The molecule has 0 saturated heterocycles. The van der Waals surface area contributed by atoms with Crippen LogP contribution in [0.1, 0.15) is 22.0 Å². The molecule has 1 aromatic heterocycles. The Morgan fingerprint density at radius 1 is 1.03 bits per heavy atom. The van der Waals surface area contributed by atoms with Crippen molar-refractivity contribution < 1.29 is 14.7 Å². The number of carbonyl (C=O) groups is 2. The molecule has 7 nitrogen and oxygen atoms in total. The van der Waals surface area contributed by atoms with Gasteiger partial charge in [-0.1, -0.05) is 35.3 Å². The summed E-state index contributed by atoms with van der Waals surface area (Å²) in [6.45, 7) is 0. The highest BCUT2D eigenvalue weighted by Gasteiger charge is 2.29. The predicted octanol–water partition coefficient (Wildman–Crippen LogP) is 4.43. The van der Waals surface area contributed by atoms with E-state index in [0.29, 0.717) is 15.7 Å². The van der Waals surface area contributed by atoms with E-state index in [1.807, 2.05) is 0 Å². The first-order valence-corrected chi connectivity index (χ1v) is 9.30. The lowest BCUT2D eigenvalue weighted by Gasteiger charge is -2.24. The van der Waals surface area contributed by atoms with Crippen LogP contribution in [0.5, 0.6) is 0 Å². The van der Waals surface area contributed by atoms with Crippen molar-refractivity contribution in [2.75, 3.05) is 10.6 Å². The molecule has 2 aromatic carbocycles. The number of aliphatic carboxylic acids is 1. The molecule has 0 bridgehead atoms. The Morgan fingerprint density at radius 3 is 2.28 bits per heavy atom. The van der Waals surface area contributed by atoms with Gasteiger partial charge < -0.3 is 15.7 Å². The van der Waals surface area contributed by atoms with Crippen molar-refractivity contribution in [2.45, 2.75) is 6.04 Å². The lowest BCUT2D eigenvalue weighted by Crippen LogP contribution is -2.25. The number of hydrogen-bond donors (Lipinski definition) is 3.